The van der Waals surface area contributed by atoms with E-state index in [4.69, 9.17) is 17.3 Å². The van der Waals surface area contributed by atoms with E-state index in [0.717, 1.165) is 41.6 Å². The van der Waals surface area contributed by atoms with Crippen LogP contribution in [0.2, 0.25) is 5.02 Å². The number of hydrogen-bond acceptors (Lipinski definition) is 3. The first-order valence-electron chi connectivity index (χ1n) is 7.48. The molecule has 1 aromatic rings. The molecular weight excluding hydrogens is 304 g/mol. The molecule has 1 heterocycles. The fraction of sp³-hybridized carbons (Fsp3) is 0.562. The van der Waals surface area contributed by atoms with Gasteiger partial charge in [-0.15, -0.1) is 11.8 Å². The van der Waals surface area contributed by atoms with Gasteiger partial charge in [0.2, 0.25) is 5.91 Å². The Morgan fingerprint density at radius 3 is 2.71 bits per heavy atom. The highest BCUT2D eigenvalue weighted by molar-refractivity contribution is 7.99. The molecule has 0 spiro atoms. The van der Waals surface area contributed by atoms with E-state index in [2.05, 4.69) is 6.92 Å². The number of rotatable bonds is 5. The van der Waals surface area contributed by atoms with E-state index in [1.54, 1.807) is 11.8 Å². The summed E-state index contributed by atoms with van der Waals surface area (Å²) >= 11 is 7.75. The van der Waals surface area contributed by atoms with Crippen LogP contribution in [-0.4, -0.2) is 35.7 Å². The van der Waals surface area contributed by atoms with Gasteiger partial charge in [-0.05, 0) is 37.8 Å². The Morgan fingerprint density at radius 1 is 1.43 bits per heavy atom. The van der Waals surface area contributed by atoms with Crippen LogP contribution in [0.25, 0.3) is 0 Å². The zero-order valence-corrected chi connectivity index (χ0v) is 14.0. The highest BCUT2D eigenvalue weighted by Crippen LogP contribution is 2.27. The summed E-state index contributed by atoms with van der Waals surface area (Å²) in [7, 11) is 0. The van der Waals surface area contributed by atoms with Crippen LogP contribution in [-0.2, 0) is 4.79 Å². The lowest BCUT2D eigenvalue weighted by Crippen LogP contribution is -2.42. The Balaban J connectivity index is 1.72. The quantitative estimate of drug-likeness (QED) is 0.843. The maximum absolute atomic E-state index is 12.2. The van der Waals surface area contributed by atoms with Crippen LogP contribution >= 0.6 is 23.4 Å². The number of hydrogen-bond donors (Lipinski definition) is 1. The molecule has 1 amide bonds. The first-order valence-corrected chi connectivity index (χ1v) is 8.85. The molecule has 2 N–H and O–H groups in total. The van der Waals surface area contributed by atoms with Gasteiger partial charge in [-0.3, -0.25) is 4.79 Å². The van der Waals surface area contributed by atoms with Gasteiger partial charge in [0.15, 0.2) is 0 Å². The van der Waals surface area contributed by atoms with E-state index < -0.39 is 0 Å². The molecule has 1 aliphatic heterocycles. The Morgan fingerprint density at radius 2 is 2.10 bits per heavy atom. The van der Waals surface area contributed by atoms with Crippen molar-refractivity contribution in [1.29, 1.82) is 0 Å². The van der Waals surface area contributed by atoms with E-state index in [-0.39, 0.29) is 11.9 Å². The summed E-state index contributed by atoms with van der Waals surface area (Å²) in [5, 5.41) is 0.757. The molecule has 1 aliphatic rings. The molecule has 1 unspecified atom stereocenters. The van der Waals surface area contributed by atoms with Crippen LogP contribution in [0.15, 0.2) is 29.2 Å². The average Bonchev–Trinajstić information content (AvgIpc) is 2.49. The van der Waals surface area contributed by atoms with Gasteiger partial charge in [-0.2, -0.15) is 0 Å². The van der Waals surface area contributed by atoms with Gasteiger partial charge < -0.3 is 10.6 Å². The molecule has 21 heavy (non-hydrogen) atoms. The molecule has 116 valence electrons. The highest BCUT2D eigenvalue weighted by atomic mass is 35.5. The van der Waals surface area contributed by atoms with Gasteiger partial charge in [0.1, 0.15) is 0 Å². The SMILES string of the molecule is CC(N)C1CCN(C(=O)CCSc2ccccc2Cl)CC1. The Labute approximate surface area is 136 Å². The van der Waals surface area contributed by atoms with Crippen molar-refractivity contribution < 1.29 is 4.79 Å². The van der Waals surface area contributed by atoms with Crippen LogP contribution in [0.4, 0.5) is 0 Å². The van der Waals surface area contributed by atoms with Crippen LogP contribution in [0.1, 0.15) is 26.2 Å². The average molecular weight is 327 g/mol. The Kier molecular flexibility index (Phi) is 6.40. The smallest absolute Gasteiger partial charge is 0.223 e. The predicted octanol–water partition coefficient (Wildman–Crippen LogP) is 3.41. The van der Waals surface area contributed by atoms with Crippen molar-refractivity contribution in [2.24, 2.45) is 11.7 Å². The molecule has 0 aliphatic carbocycles. The minimum atomic E-state index is 0.234. The minimum absolute atomic E-state index is 0.234. The van der Waals surface area contributed by atoms with E-state index >= 15 is 0 Å². The largest absolute Gasteiger partial charge is 0.343 e. The van der Waals surface area contributed by atoms with Crippen molar-refractivity contribution in [1.82, 2.24) is 4.90 Å². The van der Waals surface area contributed by atoms with Crippen LogP contribution in [0.5, 0.6) is 0 Å². The minimum Gasteiger partial charge on any atom is -0.343 e. The predicted molar refractivity (Wildman–Crippen MR) is 89.7 cm³/mol. The van der Waals surface area contributed by atoms with Crippen molar-refractivity contribution in [2.75, 3.05) is 18.8 Å². The van der Waals surface area contributed by atoms with E-state index in [9.17, 15) is 4.79 Å². The summed E-state index contributed by atoms with van der Waals surface area (Å²) in [6.45, 7) is 3.76. The van der Waals surface area contributed by atoms with Gasteiger partial charge >= 0.3 is 0 Å². The van der Waals surface area contributed by atoms with Gasteiger partial charge in [-0.1, -0.05) is 23.7 Å². The van der Waals surface area contributed by atoms with Crippen molar-refractivity contribution >= 4 is 29.3 Å². The summed E-state index contributed by atoms with van der Waals surface area (Å²) in [6, 6.07) is 7.99. The van der Waals surface area contributed by atoms with E-state index in [0.29, 0.717) is 12.3 Å². The molecule has 2 rings (SSSR count). The third-order valence-corrected chi connectivity index (χ3v) is 5.56. The zero-order valence-electron chi connectivity index (χ0n) is 12.4. The summed E-state index contributed by atoms with van der Waals surface area (Å²) in [5.41, 5.74) is 5.93. The zero-order chi connectivity index (χ0) is 15.2. The second-order valence-electron chi connectivity index (χ2n) is 5.61. The third-order valence-electron chi connectivity index (χ3n) is 4.05. The van der Waals surface area contributed by atoms with Crippen molar-refractivity contribution in [3.8, 4) is 0 Å². The lowest BCUT2D eigenvalue weighted by molar-refractivity contribution is -0.132. The summed E-state index contributed by atoms with van der Waals surface area (Å²) in [5.74, 6) is 1.58. The Bertz CT molecular complexity index is 473. The molecule has 3 nitrogen and oxygen atoms in total. The highest BCUT2D eigenvalue weighted by Gasteiger charge is 2.24. The first kappa shape index (κ1) is 16.7. The molecule has 1 atom stereocenters. The second kappa shape index (κ2) is 8.06. The number of amides is 1. The number of carbonyl (C=O) groups excluding carboxylic acids is 1. The lowest BCUT2D eigenvalue weighted by atomic mass is 9.91. The van der Waals surface area contributed by atoms with E-state index in [1.807, 2.05) is 29.2 Å². The van der Waals surface area contributed by atoms with Crippen molar-refractivity contribution in [2.45, 2.75) is 37.1 Å². The normalized spacial score (nSPS) is 17.8. The van der Waals surface area contributed by atoms with Crippen LogP contribution < -0.4 is 5.73 Å². The summed E-state index contributed by atoms with van der Waals surface area (Å²) in [4.78, 5) is 15.2. The fourth-order valence-electron chi connectivity index (χ4n) is 2.64. The monoisotopic (exact) mass is 326 g/mol. The topological polar surface area (TPSA) is 46.3 Å². The third kappa shape index (κ3) is 4.90. The number of benzene rings is 1. The maximum Gasteiger partial charge on any atom is 0.223 e. The molecule has 0 bridgehead atoms. The van der Waals surface area contributed by atoms with Gasteiger partial charge in [0.05, 0.1) is 5.02 Å². The number of nitrogens with two attached hydrogens (primary N) is 1. The standard InChI is InChI=1S/C16H23ClN2OS/c1-12(18)13-6-9-19(10-7-13)16(20)8-11-21-15-5-3-2-4-14(15)17/h2-5,12-13H,6-11,18H2,1H3. The van der Waals surface area contributed by atoms with Crippen molar-refractivity contribution in [3.63, 3.8) is 0 Å². The molecule has 1 fully saturated rings. The fourth-order valence-corrected chi connectivity index (χ4v) is 3.82. The van der Waals surface area contributed by atoms with Gasteiger partial charge in [0.25, 0.3) is 0 Å². The number of nitrogens with zero attached hydrogens (tertiary/aromatic N) is 1. The maximum atomic E-state index is 12.2. The Hall–Kier alpha value is -0.710. The number of halogens is 1. The summed E-state index contributed by atoms with van der Waals surface area (Å²) < 4.78 is 0. The van der Waals surface area contributed by atoms with Crippen molar-refractivity contribution in [3.05, 3.63) is 29.3 Å². The molecule has 1 aromatic carbocycles. The number of carbonyl (C=O) groups is 1. The number of thioether (sulfide) groups is 1. The van der Waals surface area contributed by atoms with Crippen LogP contribution in [0, 0.1) is 5.92 Å². The van der Waals surface area contributed by atoms with Crippen LogP contribution in [0.3, 0.4) is 0 Å². The molecular formula is C16H23ClN2OS. The summed E-state index contributed by atoms with van der Waals surface area (Å²) in [6.07, 6.45) is 2.63. The van der Waals surface area contributed by atoms with E-state index in [1.165, 1.54) is 0 Å². The number of piperidine rings is 1. The second-order valence-corrected chi connectivity index (χ2v) is 7.15. The molecule has 1 saturated heterocycles. The first-order chi connectivity index (χ1) is 10.1. The molecule has 0 saturated carbocycles. The molecule has 0 radical (unpaired) electrons. The molecule has 5 heteroatoms. The lowest BCUT2D eigenvalue weighted by Gasteiger charge is -2.33. The molecule has 0 aromatic heterocycles. The van der Waals surface area contributed by atoms with Gasteiger partial charge in [0, 0.05) is 36.2 Å². The number of likely N-dealkylation sites (tertiary alicyclic amines) is 1. The van der Waals surface area contributed by atoms with Gasteiger partial charge in [-0.25, -0.2) is 0 Å².